The van der Waals surface area contributed by atoms with Crippen molar-refractivity contribution in [2.75, 3.05) is 19.8 Å². The van der Waals surface area contributed by atoms with E-state index in [0.717, 1.165) is 29.7 Å². The van der Waals surface area contributed by atoms with E-state index in [0.29, 0.717) is 19.8 Å². The maximum atomic E-state index is 11.9. The molecule has 2 aromatic rings. The monoisotopic (exact) mass is 273 g/mol. The van der Waals surface area contributed by atoms with Gasteiger partial charge in [0.2, 0.25) is 5.91 Å². The number of hydrogen-bond donors (Lipinski definition) is 1. The van der Waals surface area contributed by atoms with Gasteiger partial charge in [0.15, 0.2) is 0 Å². The maximum Gasteiger partial charge on any atom is 0.225 e. The number of ether oxygens (including phenoxy) is 1. The number of aryl methyl sites for hydroxylation is 1. The molecular weight excluding hydrogens is 254 g/mol. The van der Waals surface area contributed by atoms with Crippen LogP contribution in [0.5, 0.6) is 0 Å². The van der Waals surface area contributed by atoms with Crippen LogP contribution in [0.1, 0.15) is 12.2 Å². The minimum Gasteiger partial charge on any atom is -0.381 e. The molecule has 1 aromatic heterocycles. The average Bonchev–Trinajstić information content (AvgIpc) is 3.09. The standard InChI is InChI=1S/C15H19N3O2/c1-18-13-5-3-2-4-12(13)17-14(18)6-8-16-15(19)11-7-9-20-10-11/h2-5,11H,6-10H2,1H3,(H,16,19)/t11-/m0/s1. The molecule has 1 N–H and O–H groups in total. The van der Waals surface area contributed by atoms with Crippen molar-refractivity contribution in [2.45, 2.75) is 12.8 Å². The van der Waals surface area contributed by atoms with E-state index >= 15 is 0 Å². The van der Waals surface area contributed by atoms with E-state index in [1.54, 1.807) is 0 Å². The predicted octanol–water partition coefficient (Wildman–Crippen LogP) is 1.27. The fourth-order valence-corrected chi connectivity index (χ4v) is 2.60. The number of imidazole rings is 1. The normalized spacial score (nSPS) is 18.6. The van der Waals surface area contributed by atoms with Gasteiger partial charge in [0.25, 0.3) is 0 Å². The van der Waals surface area contributed by atoms with Crippen molar-refractivity contribution >= 4 is 16.9 Å². The third-order valence-electron chi connectivity index (χ3n) is 3.83. The smallest absolute Gasteiger partial charge is 0.225 e. The summed E-state index contributed by atoms with van der Waals surface area (Å²) in [6, 6.07) is 8.06. The fraction of sp³-hybridized carbons (Fsp3) is 0.467. The summed E-state index contributed by atoms with van der Waals surface area (Å²) in [6.45, 7) is 1.87. The number of rotatable bonds is 4. The molecule has 106 valence electrons. The van der Waals surface area contributed by atoms with Crippen LogP contribution in [-0.2, 0) is 23.0 Å². The van der Waals surface area contributed by atoms with Gasteiger partial charge in [0, 0.05) is 26.6 Å². The number of carbonyl (C=O) groups is 1. The Labute approximate surface area is 117 Å². The van der Waals surface area contributed by atoms with Crippen LogP contribution in [0.2, 0.25) is 0 Å². The second-order valence-corrected chi connectivity index (χ2v) is 5.18. The zero-order chi connectivity index (χ0) is 13.9. The predicted molar refractivity (Wildman–Crippen MR) is 76.4 cm³/mol. The van der Waals surface area contributed by atoms with Crippen molar-refractivity contribution in [1.82, 2.24) is 14.9 Å². The van der Waals surface area contributed by atoms with E-state index in [4.69, 9.17) is 4.74 Å². The molecule has 1 aromatic carbocycles. The van der Waals surface area contributed by atoms with Crippen molar-refractivity contribution in [3.8, 4) is 0 Å². The Morgan fingerprint density at radius 2 is 2.35 bits per heavy atom. The minimum absolute atomic E-state index is 0.0236. The Hall–Kier alpha value is -1.88. The molecule has 1 atom stereocenters. The number of nitrogens with one attached hydrogen (secondary N) is 1. The van der Waals surface area contributed by atoms with Crippen molar-refractivity contribution in [1.29, 1.82) is 0 Å². The van der Waals surface area contributed by atoms with E-state index in [-0.39, 0.29) is 11.8 Å². The van der Waals surface area contributed by atoms with Crippen LogP contribution in [0.3, 0.4) is 0 Å². The lowest BCUT2D eigenvalue weighted by Crippen LogP contribution is -2.32. The van der Waals surface area contributed by atoms with E-state index in [2.05, 4.69) is 20.9 Å². The van der Waals surface area contributed by atoms with E-state index in [9.17, 15) is 4.79 Å². The summed E-state index contributed by atoms with van der Waals surface area (Å²) in [5, 5.41) is 2.97. The summed E-state index contributed by atoms with van der Waals surface area (Å²) in [6.07, 6.45) is 1.57. The molecule has 0 spiro atoms. The van der Waals surface area contributed by atoms with Crippen LogP contribution in [0.15, 0.2) is 24.3 Å². The van der Waals surface area contributed by atoms with Crippen LogP contribution in [-0.4, -0.2) is 35.2 Å². The SMILES string of the molecule is Cn1c(CCNC(=O)[C@H]2CCOC2)nc2ccccc21. The van der Waals surface area contributed by atoms with Gasteiger partial charge in [-0.05, 0) is 18.6 Å². The Morgan fingerprint density at radius 1 is 1.50 bits per heavy atom. The molecule has 5 heteroatoms. The molecule has 1 aliphatic heterocycles. The van der Waals surface area contributed by atoms with Crippen LogP contribution in [0, 0.1) is 5.92 Å². The van der Waals surface area contributed by atoms with Gasteiger partial charge < -0.3 is 14.6 Å². The summed E-state index contributed by atoms with van der Waals surface area (Å²) in [7, 11) is 2.01. The van der Waals surface area contributed by atoms with Crippen LogP contribution in [0.25, 0.3) is 11.0 Å². The summed E-state index contributed by atoms with van der Waals surface area (Å²) >= 11 is 0. The van der Waals surface area contributed by atoms with E-state index < -0.39 is 0 Å². The van der Waals surface area contributed by atoms with E-state index in [1.165, 1.54) is 0 Å². The van der Waals surface area contributed by atoms with Crippen molar-refractivity contribution in [2.24, 2.45) is 13.0 Å². The Morgan fingerprint density at radius 3 is 3.10 bits per heavy atom. The first-order chi connectivity index (χ1) is 9.75. The number of nitrogens with zero attached hydrogens (tertiary/aromatic N) is 2. The third kappa shape index (κ3) is 2.54. The number of benzene rings is 1. The number of hydrogen-bond acceptors (Lipinski definition) is 3. The molecule has 0 saturated carbocycles. The van der Waals surface area contributed by atoms with Gasteiger partial charge in [0.05, 0.1) is 23.6 Å². The number of amides is 1. The summed E-state index contributed by atoms with van der Waals surface area (Å²) in [5.41, 5.74) is 2.12. The lowest BCUT2D eigenvalue weighted by molar-refractivity contribution is -0.124. The summed E-state index contributed by atoms with van der Waals surface area (Å²) in [4.78, 5) is 16.5. The highest BCUT2D eigenvalue weighted by Gasteiger charge is 2.22. The number of carbonyl (C=O) groups excluding carboxylic acids is 1. The van der Waals surface area contributed by atoms with Gasteiger partial charge in [-0.1, -0.05) is 12.1 Å². The minimum atomic E-state index is 0.0236. The molecule has 0 unspecified atom stereocenters. The highest BCUT2D eigenvalue weighted by atomic mass is 16.5. The second-order valence-electron chi connectivity index (χ2n) is 5.18. The Kier molecular flexibility index (Phi) is 3.69. The van der Waals surface area contributed by atoms with Crippen molar-refractivity contribution < 1.29 is 9.53 Å². The molecule has 20 heavy (non-hydrogen) atoms. The van der Waals surface area contributed by atoms with Gasteiger partial charge in [-0.15, -0.1) is 0 Å². The quantitative estimate of drug-likeness (QED) is 0.912. The Balaban J connectivity index is 1.59. The largest absolute Gasteiger partial charge is 0.381 e. The lowest BCUT2D eigenvalue weighted by atomic mass is 10.1. The van der Waals surface area contributed by atoms with Gasteiger partial charge in [0.1, 0.15) is 5.82 Å². The van der Waals surface area contributed by atoms with Crippen LogP contribution < -0.4 is 5.32 Å². The van der Waals surface area contributed by atoms with Gasteiger partial charge in [-0.3, -0.25) is 4.79 Å². The highest BCUT2D eigenvalue weighted by Crippen LogP contribution is 2.15. The van der Waals surface area contributed by atoms with Gasteiger partial charge in [-0.2, -0.15) is 0 Å². The topological polar surface area (TPSA) is 56.2 Å². The summed E-state index contributed by atoms with van der Waals surface area (Å²) in [5.74, 6) is 1.12. The molecule has 5 nitrogen and oxygen atoms in total. The first kappa shape index (κ1) is 13.1. The lowest BCUT2D eigenvalue weighted by Gasteiger charge is -2.09. The summed E-state index contributed by atoms with van der Waals surface area (Å²) < 4.78 is 7.31. The zero-order valence-corrected chi connectivity index (χ0v) is 11.6. The number of para-hydroxylation sites is 2. The first-order valence-electron chi connectivity index (χ1n) is 7.01. The molecule has 1 fully saturated rings. The molecule has 0 radical (unpaired) electrons. The first-order valence-corrected chi connectivity index (χ1v) is 7.01. The molecule has 1 amide bonds. The van der Waals surface area contributed by atoms with E-state index in [1.807, 2.05) is 25.2 Å². The average molecular weight is 273 g/mol. The third-order valence-corrected chi connectivity index (χ3v) is 3.83. The molecule has 3 rings (SSSR count). The van der Waals surface area contributed by atoms with Gasteiger partial charge in [-0.25, -0.2) is 4.98 Å². The number of aromatic nitrogens is 2. The second kappa shape index (κ2) is 5.63. The maximum absolute atomic E-state index is 11.9. The molecule has 2 heterocycles. The number of fused-ring (bicyclic) bond motifs is 1. The van der Waals surface area contributed by atoms with Crippen LogP contribution in [0.4, 0.5) is 0 Å². The van der Waals surface area contributed by atoms with Gasteiger partial charge >= 0.3 is 0 Å². The van der Waals surface area contributed by atoms with Crippen molar-refractivity contribution in [3.05, 3.63) is 30.1 Å². The molecular formula is C15H19N3O2. The van der Waals surface area contributed by atoms with Crippen LogP contribution >= 0.6 is 0 Å². The molecule has 1 saturated heterocycles. The Bertz CT molecular complexity index is 615. The fourth-order valence-electron chi connectivity index (χ4n) is 2.60. The zero-order valence-electron chi connectivity index (χ0n) is 11.6. The van der Waals surface area contributed by atoms with Crippen molar-refractivity contribution in [3.63, 3.8) is 0 Å². The molecule has 1 aliphatic rings. The highest BCUT2D eigenvalue weighted by molar-refractivity contribution is 5.79. The molecule has 0 aliphatic carbocycles. The molecule has 0 bridgehead atoms.